The highest BCUT2D eigenvalue weighted by atomic mass is 16.5. The van der Waals surface area contributed by atoms with Crippen LogP contribution in [0.5, 0.6) is 0 Å². The van der Waals surface area contributed by atoms with Crippen LogP contribution in [0.3, 0.4) is 0 Å². The van der Waals surface area contributed by atoms with Crippen LogP contribution >= 0.6 is 0 Å². The van der Waals surface area contributed by atoms with Crippen LogP contribution in [-0.2, 0) is 9.53 Å². The molecule has 18 heavy (non-hydrogen) atoms. The molecule has 3 heteroatoms. The average Bonchev–Trinajstić information content (AvgIpc) is 2.21. The van der Waals surface area contributed by atoms with Crippen LogP contribution in [0.25, 0.3) is 0 Å². The zero-order chi connectivity index (χ0) is 13.9. The van der Waals surface area contributed by atoms with Gasteiger partial charge in [0.15, 0.2) is 0 Å². The molecule has 0 saturated heterocycles. The second-order valence-corrected chi connectivity index (χ2v) is 7.02. The van der Waals surface area contributed by atoms with Crippen LogP contribution in [0.1, 0.15) is 53.9 Å². The molecular formula is C15H29NO2. The third kappa shape index (κ3) is 4.27. The van der Waals surface area contributed by atoms with Gasteiger partial charge in [-0.05, 0) is 36.5 Å². The summed E-state index contributed by atoms with van der Waals surface area (Å²) >= 11 is 0. The van der Waals surface area contributed by atoms with E-state index in [0.29, 0.717) is 11.5 Å². The molecule has 2 unspecified atom stereocenters. The lowest BCUT2D eigenvalue weighted by atomic mass is 9.70. The van der Waals surface area contributed by atoms with Gasteiger partial charge in [-0.25, -0.2) is 0 Å². The lowest BCUT2D eigenvalue weighted by molar-refractivity contribution is -0.144. The molecule has 0 aromatic carbocycles. The Labute approximate surface area is 112 Å². The summed E-state index contributed by atoms with van der Waals surface area (Å²) in [7, 11) is 1.47. The van der Waals surface area contributed by atoms with Gasteiger partial charge in [0, 0.05) is 6.04 Å². The largest absolute Gasteiger partial charge is 0.468 e. The molecule has 0 spiro atoms. The maximum absolute atomic E-state index is 11.8. The lowest BCUT2D eigenvalue weighted by Crippen LogP contribution is -2.50. The highest BCUT2D eigenvalue weighted by Crippen LogP contribution is 2.38. The van der Waals surface area contributed by atoms with Crippen LogP contribution < -0.4 is 5.32 Å². The van der Waals surface area contributed by atoms with Gasteiger partial charge in [-0.1, -0.05) is 34.6 Å². The SMILES string of the molecule is COC(=O)[C@@H](NC1CC(C)CC(C)(C)C1)C(C)C. The lowest BCUT2D eigenvalue weighted by Gasteiger charge is -2.41. The maximum Gasteiger partial charge on any atom is 0.323 e. The number of hydrogen-bond donors (Lipinski definition) is 1. The molecular weight excluding hydrogens is 226 g/mol. The fourth-order valence-corrected chi connectivity index (χ4v) is 3.39. The average molecular weight is 255 g/mol. The molecule has 1 aliphatic rings. The number of carbonyl (C=O) groups is 1. The molecule has 1 aliphatic carbocycles. The molecule has 1 N–H and O–H groups in total. The van der Waals surface area contributed by atoms with Crippen LogP contribution in [-0.4, -0.2) is 25.2 Å². The van der Waals surface area contributed by atoms with E-state index in [1.165, 1.54) is 13.5 Å². The Balaban J connectivity index is 2.66. The molecule has 0 radical (unpaired) electrons. The molecule has 3 atom stereocenters. The third-order valence-corrected chi connectivity index (χ3v) is 3.92. The molecule has 0 aliphatic heterocycles. The number of ether oxygens (including phenoxy) is 1. The van der Waals surface area contributed by atoms with Gasteiger partial charge >= 0.3 is 5.97 Å². The van der Waals surface area contributed by atoms with Gasteiger partial charge in [0.2, 0.25) is 0 Å². The minimum atomic E-state index is -0.180. The highest BCUT2D eigenvalue weighted by molar-refractivity contribution is 5.75. The summed E-state index contributed by atoms with van der Waals surface area (Å²) in [6.45, 7) is 11.1. The number of nitrogens with one attached hydrogen (secondary N) is 1. The van der Waals surface area contributed by atoms with Crippen molar-refractivity contribution >= 4 is 5.97 Å². The van der Waals surface area contributed by atoms with Crippen molar-refractivity contribution in [3.63, 3.8) is 0 Å². The van der Waals surface area contributed by atoms with Gasteiger partial charge < -0.3 is 10.1 Å². The van der Waals surface area contributed by atoms with Gasteiger partial charge in [-0.3, -0.25) is 4.79 Å². The third-order valence-electron chi connectivity index (χ3n) is 3.92. The van der Waals surface area contributed by atoms with Gasteiger partial charge in [-0.15, -0.1) is 0 Å². The molecule has 0 bridgehead atoms. The maximum atomic E-state index is 11.8. The zero-order valence-corrected chi connectivity index (χ0v) is 12.7. The molecule has 0 aromatic rings. The fourth-order valence-electron chi connectivity index (χ4n) is 3.39. The van der Waals surface area contributed by atoms with Crippen molar-refractivity contribution in [2.45, 2.75) is 66.0 Å². The van der Waals surface area contributed by atoms with Crippen LogP contribution in [0.15, 0.2) is 0 Å². The number of methoxy groups -OCH3 is 1. The fraction of sp³-hybridized carbons (Fsp3) is 0.933. The molecule has 1 rings (SSSR count). The number of esters is 1. The first kappa shape index (κ1) is 15.5. The summed E-state index contributed by atoms with van der Waals surface area (Å²) in [6.07, 6.45) is 3.57. The van der Waals surface area contributed by atoms with Gasteiger partial charge in [0.05, 0.1) is 7.11 Å². The van der Waals surface area contributed by atoms with Crippen LogP contribution in [0, 0.1) is 17.3 Å². The first-order valence-electron chi connectivity index (χ1n) is 7.09. The molecule has 3 nitrogen and oxygen atoms in total. The summed E-state index contributed by atoms with van der Waals surface area (Å²) in [5.74, 6) is 0.843. The van der Waals surface area contributed by atoms with Crippen molar-refractivity contribution < 1.29 is 9.53 Å². The molecule has 0 heterocycles. The van der Waals surface area contributed by atoms with Crippen molar-refractivity contribution in [2.75, 3.05) is 7.11 Å². The van der Waals surface area contributed by atoms with Crippen molar-refractivity contribution in [1.82, 2.24) is 5.32 Å². The smallest absolute Gasteiger partial charge is 0.323 e. The predicted molar refractivity (Wildman–Crippen MR) is 74.4 cm³/mol. The molecule has 1 saturated carbocycles. The topological polar surface area (TPSA) is 38.3 Å². The standard InChI is InChI=1S/C15H29NO2/c1-10(2)13(14(17)18-6)16-12-7-11(3)8-15(4,5)9-12/h10-13,16H,7-9H2,1-6H3/t11?,12?,13-/m0/s1. The Bertz CT molecular complexity index is 286. The summed E-state index contributed by atoms with van der Waals surface area (Å²) in [6, 6.07) is 0.247. The predicted octanol–water partition coefficient (Wildman–Crippen LogP) is 2.99. The Morgan fingerprint density at radius 2 is 1.94 bits per heavy atom. The second-order valence-electron chi connectivity index (χ2n) is 7.02. The molecule has 0 aromatic heterocycles. The summed E-state index contributed by atoms with van der Waals surface area (Å²) in [5.41, 5.74) is 0.368. The number of rotatable bonds is 4. The van der Waals surface area contributed by atoms with E-state index in [1.807, 2.05) is 0 Å². The number of hydrogen-bond acceptors (Lipinski definition) is 3. The van der Waals surface area contributed by atoms with Crippen molar-refractivity contribution in [2.24, 2.45) is 17.3 Å². The Kier molecular flexibility index (Phi) is 5.20. The highest BCUT2D eigenvalue weighted by Gasteiger charge is 2.34. The molecule has 0 amide bonds. The number of carbonyl (C=O) groups excluding carboxylic acids is 1. The Morgan fingerprint density at radius 3 is 2.39 bits per heavy atom. The Hall–Kier alpha value is -0.570. The van der Waals surface area contributed by atoms with Crippen molar-refractivity contribution in [3.05, 3.63) is 0 Å². The van der Waals surface area contributed by atoms with Gasteiger partial charge in [-0.2, -0.15) is 0 Å². The summed E-state index contributed by atoms with van der Waals surface area (Å²) < 4.78 is 4.89. The molecule has 106 valence electrons. The van der Waals surface area contributed by atoms with Gasteiger partial charge in [0.1, 0.15) is 6.04 Å². The zero-order valence-electron chi connectivity index (χ0n) is 12.7. The minimum absolute atomic E-state index is 0.138. The first-order chi connectivity index (χ1) is 8.25. The van der Waals surface area contributed by atoms with E-state index < -0.39 is 0 Å². The van der Waals surface area contributed by atoms with E-state index in [2.05, 4.69) is 39.9 Å². The van der Waals surface area contributed by atoms with E-state index in [1.54, 1.807) is 0 Å². The van der Waals surface area contributed by atoms with Crippen LogP contribution in [0.2, 0.25) is 0 Å². The Morgan fingerprint density at radius 1 is 1.33 bits per heavy atom. The van der Waals surface area contributed by atoms with Crippen LogP contribution in [0.4, 0.5) is 0 Å². The summed E-state index contributed by atoms with van der Waals surface area (Å²) in [4.78, 5) is 11.8. The van der Waals surface area contributed by atoms with E-state index in [9.17, 15) is 4.79 Å². The first-order valence-corrected chi connectivity index (χ1v) is 7.09. The van der Waals surface area contributed by atoms with Crippen molar-refractivity contribution in [1.29, 1.82) is 0 Å². The van der Waals surface area contributed by atoms with E-state index in [0.717, 1.165) is 18.8 Å². The molecule has 1 fully saturated rings. The van der Waals surface area contributed by atoms with Gasteiger partial charge in [0.25, 0.3) is 0 Å². The van der Waals surface area contributed by atoms with E-state index >= 15 is 0 Å². The van der Waals surface area contributed by atoms with Crippen molar-refractivity contribution in [3.8, 4) is 0 Å². The van der Waals surface area contributed by atoms with E-state index in [4.69, 9.17) is 4.74 Å². The second kappa shape index (κ2) is 6.05. The summed E-state index contributed by atoms with van der Waals surface area (Å²) in [5, 5.41) is 3.52. The quantitative estimate of drug-likeness (QED) is 0.785. The monoisotopic (exact) mass is 255 g/mol. The normalized spacial score (nSPS) is 29.1. The van der Waals surface area contributed by atoms with E-state index in [-0.39, 0.29) is 17.9 Å². The minimum Gasteiger partial charge on any atom is -0.468 e.